The Bertz CT molecular complexity index is 587. The Morgan fingerprint density at radius 2 is 2.17 bits per heavy atom. The summed E-state index contributed by atoms with van der Waals surface area (Å²) in [6.45, 7) is 6.38. The standard InChI is InChI=1S/C14H16FNO2/c1-8(2)7-16-14(17)13-9(3)11-6-10(15)4-5-12(11)18-13/h4-6,8H,7H2,1-3H3,(H,16,17). The Morgan fingerprint density at radius 3 is 2.83 bits per heavy atom. The molecular weight excluding hydrogens is 233 g/mol. The molecular formula is C14H16FNO2. The first-order valence-electron chi connectivity index (χ1n) is 5.96. The van der Waals surface area contributed by atoms with Gasteiger partial charge in [-0.15, -0.1) is 0 Å². The maximum atomic E-state index is 13.1. The SMILES string of the molecule is Cc1c(C(=O)NCC(C)C)oc2ccc(F)cc12. The molecule has 0 spiro atoms. The molecule has 0 bridgehead atoms. The maximum Gasteiger partial charge on any atom is 0.287 e. The average molecular weight is 249 g/mol. The molecule has 2 rings (SSSR count). The fraction of sp³-hybridized carbons (Fsp3) is 0.357. The van der Waals surface area contributed by atoms with Gasteiger partial charge in [-0.1, -0.05) is 13.8 Å². The topological polar surface area (TPSA) is 42.2 Å². The van der Waals surface area contributed by atoms with Crippen molar-refractivity contribution in [1.82, 2.24) is 5.32 Å². The van der Waals surface area contributed by atoms with Gasteiger partial charge in [0, 0.05) is 17.5 Å². The van der Waals surface area contributed by atoms with Gasteiger partial charge < -0.3 is 9.73 Å². The van der Waals surface area contributed by atoms with E-state index >= 15 is 0 Å². The molecule has 1 amide bonds. The van der Waals surface area contributed by atoms with Crippen LogP contribution in [0, 0.1) is 18.7 Å². The smallest absolute Gasteiger partial charge is 0.287 e. The number of carbonyl (C=O) groups excluding carboxylic acids is 1. The number of furan rings is 1. The molecule has 0 saturated carbocycles. The minimum Gasteiger partial charge on any atom is -0.451 e. The minimum absolute atomic E-state index is 0.252. The summed E-state index contributed by atoms with van der Waals surface area (Å²) in [7, 11) is 0. The van der Waals surface area contributed by atoms with Crippen molar-refractivity contribution in [3.63, 3.8) is 0 Å². The molecule has 0 aliphatic heterocycles. The van der Waals surface area contributed by atoms with Crippen LogP contribution in [0.2, 0.25) is 0 Å². The largest absolute Gasteiger partial charge is 0.451 e. The van der Waals surface area contributed by atoms with Gasteiger partial charge >= 0.3 is 0 Å². The third kappa shape index (κ3) is 2.37. The highest BCUT2D eigenvalue weighted by Crippen LogP contribution is 2.25. The molecule has 4 heteroatoms. The zero-order valence-electron chi connectivity index (χ0n) is 10.7. The fourth-order valence-electron chi connectivity index (χ4n) is 1.79. The Labute approximate surface area is 105 Å². The molecule has 0 fully saturated rings. The van der Waals surface area contributed by atoms with Gasteiger partial charge in [0.05, 0.1) is 0 Å². The monoisotopic (exact) mass is 249 g/mol. The first-order valence-corrected chi connectivity index (χ1v) is 5.96. The quantitative estimate of drug-likeness (QED) is 0.907. The van der Waals surface area contributed by atoms with Crippen molar-refractivity contribution in [2.45, 2.75) is 20.8 Å². The van der Waals surface area contributed by atoms with Gasteiger partial charge in [-0.05, 0) is 31.0 Å². The van der Waals surface area contributed by atoms with Crippen LogP contribution in [-0.2, 0) is 0 Å². The lowest BCUT2D eigenvalue weighted by atomic mass is 10.1. The second kappa shape index (κ2) is 4.80. The second-order valence-corrected chi connectivity index (χ2v) is 4.80. The van der Waals surface area contributed by atoms with Crippen LogP contribution in [0.25, 0.3) is 11.0 Å². The molecule has 3 nitrogen and oxygen atoms in total. The molecule has 1 aromatic carbocycles. The predicted molar refractivity (Wildman–Crippen MR) is 68.1 cm³/mol. The summed E-state index contributed by atoms with van der Waals surface area (Å²) in [4.78, 5) is 11.9. The van der Waals surface area contributed by atoms with Crippen LogP contribution in [0.1, 0.15) is 30.0 Å². The van der Waals surface area contributed by atoms with Gasteiger partial charge in [-0.25, -0.2) is 4.39 Å². The number of hydrogen-bond acceptors (Lipinski definition) is 2. The van der Waals surface area contributed by atoms with E-state index in [0.717, 1.165) is 0 Å². The highest BCUT2D eigenvalue weighted by molar-refractivity contribution is 5.98. The molecule has 1 heterocycles. The molecule has 0 aliphatic carbocycles. The number of hydrogen-bond donors (Lipinski definition) is 1. The van der Waals surface area contributed by atoms with Gasteiger partial charge in [0.15, 0.2) is 5.76 Å². The summed E-state index contributed by atoms with van der Waals surface area (Å²) in [5.41, 5.74) is 1.20. The zero-order valence-corrected chi connectivity index (χ0v) is 10.7. The molecule has 2 aromatic rings. The average Bonchev–Trinajstić information content (AvgIpc) is 2.64. The van der Waals surface area contributed by atoms with Gasteiger partial charge in [0.2, 0.25) is 0 Å². The minimum atomic E-state index is -0.333. The van der Waals surface area contributed by atoms with Crippen LogP contribution in [0.15, 0.2) is 22.6 Å². The van der Waals surface area contributed by atoms with Crippen LogP contribution in [0.4, 0.5) is 4.39 Å². The number of halogens is 1. The van der Waals surface area contributed by atoms with E-state index in [0.29, 0.717) is 29.0 Å². The van der Waals surface area contributed by atoms with Crippen LogP contribution < -0.4 is 5.32 Å². The highest BCUT2D eigenvalue weighted by Gasteiger charge is 2.17. The van der Waals surface area contributed by atoms with Crippen molar-refractivity contribution in [1.29, 1.82) is 0 Å². The van der Waals surface area contributed by atoms with Crippen LogP contribution in [0.3, 0.4) is 0 Å². The summed E-state index contributed by atoms with van der Waals surface area (Å²) in [6.07, 6.45) is 0. The summed E-state index contributed by atoms with van der Waals surface area (Å²) >= 11 is 0. The lowest BCUT2D eigenvalue weighted by Crippen LogP contribution is -2.27. The Balaban J connectivity index is 2.34. The van der Waals surface area contributed by atoms with E-state index < -0.39 is 0 Å². The lowest BCUT2D eigenvalue weighted by Gasteiger charge is -2.05. The molecule has 0 radical (unpaired) electrons. The van der Waals surface area contributed by atoms with E-state index in [4.69, 9.17) is 4.42 Å². The van der Waals surface area contributed by atoms with Crippen molar-refractivity contribution < 1.29 is 13.6 Å². The van der Waals surface area contributed by atoms with Crippen molar-refractivity contribution in [2.75, 3.05) is 6.54 Å². The number of fused-ring (bicyclic) bond motifs is 1. The van der Waals surface area contributed by atoms with Crippen LogP contribution in [0.5, 0.6) is 0 Å². The van der Waals surface area contributed by atoms with Gasteiger partial charge in [0.25, 0.3) is 5.91 Å². The van der Waals surface area contributed by atoms with E-state index in [9.17, 15) is 9.18 Å². The summed E-state index contributed by atoms with van der Waals surface area (Å²) < 4.78 is 18.6. The normalized spacial score (nSPS) is 11.2. The number of nitrogens with one attached hydrogen (secondary N) is 1. The van der Waals surface area contributed by atoms with Crippen LogP contribution in [-0.4, -0.2) is 12.5 Å². The zero-order chi connectivity index (χ0) is 13.3. The van der Waals surface area contributed by atoms with E-state index in [1.54, 1.807) is 6.92 Å². The molecule has 18 heavy (non-hydrogen) atoms. The van der Waals surface area contributed by atoms with Crippen LogP contribution >= 0.6 is 0 Å². The van der Waals surface area contributed by atoms with Gasteiger partial charge in [-0.2, -0.15) is 0 Å². The predicted octanol–water partition coefficient (Wildman–Crippen LogP) is 3.27. The van der Waals surface area contributed by atoms with E-state index in [1.165, 1.54) is 18.2 Å². The highest BCUT2D eigenvalue weighted by atomic mass is 19.1. The third-order valence-electron chi connectivity index (χ3n) is 2.78. The van der Waals surface area contributed by atoms with E-state index in [-0.39, 0.29) is 17.5 Å². The van der Waals surface area contributed by atoms with Gasteiger partial charge in [-0.3, -0.25) is 4.79 Å². The summed E-state index contributed by atoms with van der Waals surface area (Å²) in [5, 5.41) is 3.43. The van der Waals surface area contributed by atoms with Crippen molar-refractivity contribution in [3.05, 3.63) is 35.3 Å². The fourth-order valence-corrected chi connectivity index (χ4v) is 1.79. The van der Waals surface area contributed by atoms with Crippen molar-refractivity contribution in [3.8, 4) is 0 Å². The van der Waals surface area contributed by atoms with Gasteiger partial charge in [0.1, 0.15) is 11.4 Å². The number of aryl methyl sites for hydroxylation is 1. The molecule has 1 N–H and O–H groups in total. The number of rotatable bonds is 3. The maximum absolute atomic E-state index is 13.1. The molecule has 0 aliphatic rings. The first kappa shape index (κ1) is 12.6. The third-order valence-corrected chi connectivity index (χ3v) is 2.78. The molecule has 0 saturated heterocycles. The Kier molecular flexibility index (Phi) is 3.36. The van der Waals surface area contributed by atoms with Crippen molar-refractivity contribution in [2.24, 2.45) is 5.92 Å². The van der Waals surface area contributed by atoms with E-state index in [2.05, 4.69) is 5.32 Å². The first-order chi connectivity index (χ1) is 8.49. The Hall–Kier alpha value is -1.84. The summed E-state index contributed by atoms with van der Waals surface area (Å²) in [5.74, 6) is 0.0469. The second-order valence-electron chi connectivity index (χ2n) is 4.80. The molecule has 0 unspecified atom stereocenters. The van der Waals surface area contributed by atoms with Crippen molar-refractivity contribution >= 4 is 16.9 Å². The number of benzene rings is 1. The van der Waals surface area contributed by atoms with E-state index in [1.807, 2.05) is 13.8 Å². The number of carbonyl (C=O) groups is 1. The lowest BCUT2D eigenvalue weighted by molar-refractivity contribution is 0.0922. The summed E-state index contributed by atoms with van der Waals surface area (Å²) in [6, 6.07) is 4.24. The number of amides is 1. The Morgan fingerprint density at radius 1 is 1.44 bits per heavy atom. The molecule has 1 aromatic heterocycles. The molecule has 96 valence electrons. The molecule has 0 atom stereocenters.